The molecule has 0 saturated carbocycles. The third-order valence-corrected chi connectivity index (χ3v) is 4.73. The van der Waals surface area contributed by atoms with Crippen molar-refractivity contribution in [1.29, 1.82) is 0 Å². The van der Waals surface area contributed by atoms with Gasteiger partial charge in [0, 0.05) is 0 Å². The van der Waals surface area contributed by atoms with E-state index in [0.29, 0.717) is 22.2 Å². The lowest BCUT2D eigenvalue weighted by atomic mass is 10.2. The number of ether oxygens (including phenoxy) is 1. The maximum atomic E-state index is 12.2. The van der Waals surface area contributed by atoms with Gasteiger partial charge in [-0.3, -0.25) is 4.79 Å². The minimum Gasteiger partial charge on any atom is -0.503 e. The van der Waals surface area contributed by atoms with Crippen LogP contribution >= 0.6 is 23.4 Å². The van der Waals surface area contributed by atoms with Gasteiger partial charge in [-0.25, -0.2) is 4.99 Å². The molecule has 1 aliphatic rings. The number of aliphatic imine (C=N–C) groups is 1. The van der Waals surface area contributed by atoms with Gasteiger partial charge >= 0.3 is 0 Å². The van der Waals surface area contributed by atoms with Crippen LogP contribution in [0.25, 0.3) is 6.08 Å². The average molecular weight is 389 g/mol. The van der Waals surface area contributed by atoms with Crippen molar-refractivity contribution in [3.8, 4) is 11.5 Å². The highest BCUT2D eigenvalue weighted by Gasteiger charge is 2.24. The van der Waals surface area contributed by atoms with Crippen LogP contribution < -0.4 is 10.1 Å². The number of nitrogens with one attached hydrogen (secondary N) is 1. The van der Waals surface area contributed by atoms with E-state index in [0.717, 1.165) is 11.3 Å². The summed E-state index contributed by atoms with van der Waals surface area (Å²) in [5, 5.41) is 13.3. The van der Waals surface area contributed by atoms with Crippen molar-refractivity contribution in [1.82, 2.24) is 5.32 Å². The van der Waals surface area contributed by atoms with E-state index in [9.17, 15) is 9.90 Å². The van der Waals surface area contributed by atoms with Crippen molar-refractivity contribution in [2.24, 2.45) is 4.99 Å². The number of aryl methyl sites for hydroxylation is 1. The molecule has 1 heterocycles. The van der Waals surface area contributed by atoms with Gasteiger partial charge in [0.2, 0.25) is 0 Å². The van der Waals surface area contributed by atoms with E-state index < -0.39 is 0 Å². The van der Waals surface area contributed by atoms with E-state index in [2.05, 4.69) is 10.3 Å². The van der Waals surface area contributed by atoms with Crippen LogP contribution in [0.2, 0.25) is 5.02 Å². The van der Waals surface area contributed by atoms with Gasteiger partial charge in [0.25, 0.3) is 5.91 Å². The number of halogens is 1. The van der Waals surface area contributed by atoms with Crippen molar-refractivity contribution in [3.05, 3.63) is 57.5 Å². The second kappa shape index (κ2) is 7.85. The topological polar surface area (TPSA) is 70.9 Å². The highest BCUT2D eigenvalue weighted by atomic mass is 35.5. The quantitative estimate of drug-likeness (QED) is 0.748. The van der Waals surface area contributed by atoms with Gasteiger partial charge in [-0.2, -0.15) is 0 Å². The van der Waals surface area contributed by atoms with Gasteiger partial charge in [-0.1, -0.05) is 23.7 Å². The van der Waals surface area contributed by atoms with E-state index in [1.54, 1.807) is 18.2 Å². The molecule has 2 N–H and O–H groups in total. The number of amidine groups is 1. The number of benzene rings is 2. The zero-order valence-electron chi connectivity index (χ0n) is 14.2. The fourth-order valence-corrected chi connectivity index (χ4v) is 3.45. The maximum Gasteiger partial charge on any atom is 0.264 e. The Kier molecular flexibility index (Phi) is 5.54. The minimum absolute atomic E-state index is 0.110. The van der Waals surface area contributed by atoms with Crippen LogP contribution in [0.5, 0.6) is 11.5 Å². The molecule has 134 valence electrons. The number of phenols is 1. The first-order valence-electron chi connectivity index (χ1n) is 7.98. The third-order valence-electron chi connectivity index (χ3n) is 3.53. The Balaban J connectivity index is 1.87. The molecular formula is C19H17ClN2O3S. The normalized spacial score (nSPS) is 17.0. The summed E-state index contributed by atoms with van der Waals surface area (Å²) >= 11 is 7.28. The molecule has 2 aromatic rings. The van der Waals surface area contributed by atoms with Crippen LogP contribution in [0.3, 0.4) is 0 Å². The van der Waals surface area contributed by atoms with Crippen LogP contribution in [0.4, 0.5) is 5.69 Å². The molecule has 1 amide bonds. The van der Waals surface area contributed by atoms with Gasteiger partial charge in [0.15, 0.2) is 16.7 Å². The fourth-order valence-electron chi connectivity index (χ4n) is 2.39. The van der Waals surface area contributed by atoms with Crippen LogP contribution in [-0.4, -0.2) is 22.8 Å². The van der Waals surface area contributed by atoms with Crippen LogP contribution in [0.15, 0.2) is 46.3 Å². The van der Waals surface area contributed by atoms with Crippen LogP contribution in [0.1, 0.15) is 18.1 Å². The van der Waals surface area contributed by atoms with Gasteiger partial charge in [-0.15, -0.1) is 0 Å². The Morgan fingerprint density at radius 3 is 2.88 bits per heavy atom. The highest BCUT2D eigenvalue weighted by molar-refractivity contribution is 8.18. The summed E-state index contributed by atoms with van der Waals surface area (Å²) in [4.78, 5) is 17.2. The predicted molar refractivity (Wildman–Crippen MR) is 106 cm³/mol. The molecule has 0 aromatic heterocycles. The summed E-state index contributed by atoms with van der Waals surface area (Å²) in [6, 6.07) is 10.9. The molecule has 0 radical (unpaired) electrons. The zero-order valence-corrected chi connectivity index (χ0v) is 15.8. The predicted octanol–water partition coefficient (Wildman–Crippen LogP) is 4.64. The van der Waals surface area contributed by atoms with Crippen molar-refractivity contribution >= 4 is 46.2 Å². The molecule has 1 fully saturated rings. The van der Waals surface area contributed by atoms with E-state index >= 15 is 0 Å². The Morgan fingerprint density at radius 1 is 1.35 bits per heavy atom. The molecule has 26 heavy (non-hydrogen) atoms. The van der Waals surface area contributed by atoms with E-state index in [1.165, 1.54) is 11.8 Å². The molecule has 0 unspecified atom stereocenters. The summed E-state index contributed by atoms with van der Waals surface area (Å²) in [5.41, 5.74) is 2.53. The lowest BCUT2D eigenvalue weighted by molar-refractivity contribution is -0.115. The summed E-state index contributed by atoms with van der Waals surface area (Å²) < 4.78 is 5.37. The molecule has 3 rings (SSSR count). The number of thioether (sulfide) groups is 1. The molecule has 0 aliphatic carbocycles. The Labute approximate surface area is 160 Å². The Bertz CT molecular complexity index is 925. The molecule has 1 aliphatic heterocycles. The molecule has 0 spiro atoms. The number of amides is 1. The van der Waals surface area contributed by atoms with Crippen molar-refractivity contribution in [3.63, 3.8) is 0 Å². The van der Waals surface area contributed by atoms with Crippen molar-refractivity contribution in [2.75, 3.05) is 6.61 Å². The van der Waals surface area contributed by atoms with Crippen molar-refractivity contribution < 1.29 is 14.6 Å². The summed E-state index contributed by atoms with van der Waals surface area (Å²) in [6.45, 7) is 4.19. The zero-order chi connectivity index (χ0) is 18.7. The summed E-state index contributed by atoms with van der Waals surface area (Å²) in [6.07, 6.45) is 1.69. The summed E-state index contributed by atoms with van der Waals surface area (Å²) in [7, 11) is 0. The average Bonchev–Trinajstić information content (AvgIpc) is 2.91. The third kappa shape index (κ3) is 4.20. The standard InChI is InChI=1S/C19H17ClN2O3S/c1-3-25-15-9-12(8-14(20)17(15)23)10-16-18(24)22-19(26-16)21-13-6-4-5-11(2)7-13/h4-10,23H,3H2,1-2H3,(H,21,22,24)/b16-10-. The van der Waals surface area contributed by atoms with Gasteiger partial charge in [0.1, 0.15) is 0 Å². The summed E-state index contributed by atoms with van der Waals surface area (Å²) in [5.74, 6) is -0.0617. The fraction of sp³-hybridized carbons (Fsp3) is 0.158. The molecule has 5 nitrogen and oxygen atoms in total. The van der Waals surface area contributed by atoms with Gasteiger partial charge in [-0.05, 0) is 67.1 Å². The maximum absolute atomic E-state index is 12.2. The minimum atomic E-state index is -0.233. The lowest BCUT2D eigenvalue weighted by Crippen LogP contribution is -2.19. The SMILES string of the molecule is CCOc1cc(/C=C2\SC(=Nc3cccc(C)c3)NC2=O)cc(Cl)c1O. The van der Waals surface area contributed by atoms with Crippen molar-refractivity contribution in [2.45, 2.75) is 13.8 Å². The Hall–Kier alpha value is -2.44. The number of aromatic hydroxyl groups is 1. The molecule has 0 bridgehead atoms. The largest absolute Gasteiger partial charge is 0.503 e. The first-order chi connectivity index (χ1) is 12.5. The number of phenolic OH excluding ortho intramolecular Hbond substituents is 1. The van der Waals surface area contributed by atoms with Gasteiger partial charge in [0.05, 0.1) is 22.2 Å². The van der Waals surface area contributed by atoms with E-state index in [1.807, 2.05) is 38.1 Å². The number of hydrogen-bond donors (Lipinski definition) is 2. The first-order valence-corrected chi connectivity index (χ1v) is 9.17. The second-order valence-corrected chi connectivity index (χ2v) is 7.04. The smallest absolute Gasteiger partial charge is 0.264 e. The monoisotopic (exact) mass is 388 g/mol. The number of hydrogen-bond acceptors (Lipinski definition) is 5. The number of carbonyl (C=O) groups excluding carboxylic acids is 1. The Morgan fingerprint density at radius 2 is 2.15 bits per heavy atom. The van der Waals surface area contributed by atoms with Crippen LogP contribution in [0, 0.1) is 6.92 Å². The lowest BCUT2D eigenvalue weighted by Gasteiger charge is -2.08. The van der Waals surface area contributed by atoms with E-state index in [4.69, 9.17) is 16.3 Å². The molecule has 2 aromatic carbocycles. The molecule has 0 atom stereocenters. The number of nitrogens with zero attached hydrogens (tertiary/aromatic N) is 1. The number of carbonyl (C=O) groups is 1. The molecule has 7 heteroatoms. The molecular weight excluding hydrogens is 372 g/mol. The second-order valence-electron chi connectivity index (χ2n) is 5.60. The van der Waals surface area contributed by atoms with Gasteiger partial charge < -0.3 is 15.2 Å². The first kappa shape index (κ1) is 18.4. The van der Waals surface area contributed by atoms with Crippen LogP contribution in [-0.2, 0) is 4.79 Å². The number of rotatable bonds is 4. The van der Waals surface area contributed by atoms with E-state index in [-0.39, 0.29) is 22.4 Å². The highest BCUT2D eigenvalue weighted by Crippen LogP contribution is 2.37. The molecule has 1 saturated heterocycles.